The van der Waals surface area contributed by atoms with Gasteiger partial charge in [0.05, 0.1) is 10.6 Å². The highest BCUT2D eigenvalue weighted by Crippen LogP contribution is 2.28. The lowest BCUT2D eigenvalue weighted by Crippen LogP contribution is -2.33. The first kappa shape index (κ1) is 13.8. The van der Waals surface area contributed by atoms with Gasteiger partial charge in [0.15, 0.2) is 6.61 Å². The van der Waals surface area contributed by atoms with Gasteiger partial charge in [0, 0.05) is 17.6 Å². The zero-order valence-corrected chi connectivity index (χ0v) is 12.8. The number of amides is 1. The van der Waals surface area contributed by atoms with Gasteiger partial charge in [-0.2, -0.15) is 0 Å². The van der Waals surface area contributed by atoms with E-state index in [9.17, 15) is 9.90 Å². The average Bonchev–Trinajstić information content (AvgIpc) is 2.74. The number of ether oxygens (including phenoxy) is 1. The summed E-state index contributed by atoms with van der Waals surface area (Å²) < 4.78 is 7.20. The van der Waals surface area contributed by atoms with Gasteiger partial charge in [-0.25, -0.2) is 0 Å². The van der Waals surface area contributed by atoms with Crippen molar-refractivity contribution in [1.82, 2.24) is 4.90 Å². The van der Waals surface area contributed by atoms with Crippen molar-refractivity contribution < 1.29 is 14.6 Å². The van der Waals surface area contributed by atoms with E-state index in [0.29, 0.717) is 25.3 Å². The van der Waals surface area contributed by atoms with Gasteiger partial charge in [0.2, 0.25) is 0 Å². The lowest BCUT2D eigenvalue weighted by molar-refractivity contribution is -0.132. The fourth-order valence-electron chi connectivity index (χ4n) is 1.79. The Morgan fingerprint density at radius 1 is 1.50 bits per heavy atom. The maximum Gasteiger partial charge on any atom is 0.260 e. The van der Waals surface area contributed by atoms with E-state index in [1.54, 1.807) is 11.0 Å². The molecule has 1 aromatic rings. The number of aliphatic hydroxyl groups excluding tert-OH is 1. The Morgan fingerprint density at radius 3 is 2.89 bits per heavy atom. The van der Waals surface area contributed by atoms with Crippen molar-refractivity contribution in [3.63, 3.8) is 0 Å². The lowest BCUT2D eigenvalue weighted by atomic mass is 10.3. The number of hydrogen-bond acceptors (Lipinski definition) is 3. The van der Waals surface area contributed by atoms with Gasteiger partial charge in [-0.05, 0) is 40.5 Å². The van der Waals surface area contributed by atoms with Crippen LogP contribution in [0.4, 0.5) is 0 Å². The summed E-state index contributed by atoms with van der Waals surface area (Å²) >= 11 is 6.72. The highest BCUT2D eigenvalue weighted by Gasteiger charge is 2.24. The van der Waals surface area contributed by atoms with Gasteiger partial charge in [-0.1, -0.05) is 15.9 Å². The van der Waals surface area contributed by atoms with Crippen molar-refractivity contribution in [3.05, 3.63) is 27.1 Å². The Hall–Kier alpha value is -0.590. The zero-order chi connectivity index (χ0) is 13.1. The van der Waals surface area contributed by atoms with Crippen LogP contribution in [0.15, 0.2) is 27.1 Å². The van der Waals surface area contributed by atoms with E-state index in [2.05, 4.69) is 31.9 Å². The molecule has 98 valence electrons. The van der Waals surface area contributed by atoms with Gasteiger partial charge in [-0.15, -0.1) is 0 Å². The molecule has 18 heavy (non-hydrogen) atoms. The topological polar surface area (TPSA) is 49.8 Å². The number of hydrogen-bond donors (Lipinski definition) is 1. The first-order valence-corrected chi connectivity index (χ1v) is 7.18. The molecule has 0 spiro atoms. The summed E-state index contributed by atoms with van der Waals surface area (Å²) in [6, 6.07) is 5.50. The number of carbonyl (C=O) groups is 1. The Kier molecular flexibility index (Phi) is 4.64. The quantitative estimate of drug-likeness (QED) is 0.876. The van der Waals surface area contributed by atoms with Crippen LogP contribution in [0, 0.1) is 0 Å². The summed E-state index contributed by atoms with van der Waals surface area (Å²) in [7, 11) is 0. The van der Waals surface area contributed by atoms with E-state index in [4.69, 9.17) is 4.74 Å². The second-order valence-electron chi connectivity index (χ2n) is 4.15. The molecule has 1 fully saturated rings. The number of rotatable bonds is 3. The summed E-state index contributed by atoms with van der Waals surface area (Å²) in [5.74, 6) is 0.535. The van der Waals surface area contributed by atoms with Crippen LogP contribution in [0.2, 0.25) is 0 Å². The molecular formula is C12H13Br2NO3. The molecule has 0 bridgehead atoms. The molecule has 0 unspecified atom stereocenters. The second-order valence-corrected chi connectivity index (χ2v) is 5.92. The second kappa shape index (κ2) is 6.04. The normalized spacial score (nSPS) is 19.1. The third-order valence-electron chi connectivity index (χ3n) is 2.76. The minimum Gasteiger partial charge on any atom is -0.483 e. The molecule has 0 aromatic heterocycles. The molecule has 6 heteroatoms. The number of likely N-dealkylation sites (tertiary alicyclic amines) is 1. The van der Waals surface area contributed by atoms with Crippen LogP contribution in [0.1, 0.15) is 6.42 Å². The van der Waals surface area contributed by atoms with Crippen LogP contribution in [0.3, 0.4) is 0 Å². The van der Waals surface area contributed by atoms with Gasteiger partial charge in [0.25, 0.3) is 5.91 Å². The van der Waals surface area contributed by atoms with Gasteiger partial charge in [0.1, 0.15) is 5.75 Å². The van der Waals surface area contributed by atoms with Gasteiger partial charge in [-0.3, -0.25) is 4.79 Å². The molecule has 0 saturated carbocycles. The largest absolute Gasteiger partial charge is 0.483 e. The fraction of sp³-hybridized carbons (Fsp3) is 0.417. The van der Waals surface area contributed by atoms with Crippen LogP contribution in [-0.2, 0) is 4.79 Å². The molecular weight excluding hydrogens is 366 g/mol. The van der Waals surface area contributed by atoms with E-state index in [1.165, 1.54) is 0 Å². The average molecular weight is 379 g/mol. The maximum atomic E-state index is 11.8. The summed E-state index contributed by atoms with van der Waals surface area (Å²) in [6.07, 6.45) is 0.252. The van der Waals surface area contributed by atoms with Crippen molar-refractivity contribution >= 4 is 37.8 Å². The lowest BCUT2D eigenvalue weighted by Gasteiger charge is -2.16. The van der Waals surface area contributed by atoms with Crippen LogP contribution in [0.5, 0.6) is 5.75 Å². The summed E-state index contributed by atoms with van der Waals surface area (Å²) in [5.41, 5.74) is 0. The highest BCUT2D eigenvalue weighted by molar-refractivity contribution is 9.11. The molecule has 1 N–H and O–H groups in total. The number of benzene rings is 1. The number of carbonyl (C=O) groups excluding carboxylic acids is 1. The van der Waals surface area contributed by atoms with Crippen LogP contribution in [0.25, 0.3) is 0 Å². The molecule has 1 aliphatic heterocycles. The van der Waals surface area contributed by atoms with Crippen molar-refractivity contribution in [3.8, 4) is 5.75 Å². The molecule has 0 aliphatic carbocycles. The Morgan fingerprint density at radius 2 is 2.28 bits per heavy atom. The maximum absolute atomic E-state index is 11.8. The monoisotopic (exact) mass is 377 g/mol. The fourth-order valence-corrected chi connectivity index (χ4v) is 2.95. The minimum absolute atomic E-state index is 0.00699. The van der Waals surface area contributed by atoms with Crippen molar-refractivity contribution in [1.29, 1.82) is 0 Å². The van der Waals surface area contributed by atoms with E-state index < -0.39 is 6.10 Å². The number of nitrogens with zero attached hydrogens (tertiary/aromatic N) is 1. The zero-order valence-electron chi connectivity index (χ0n) is 9.60. The highest BCUT2D eigenvalue weighted by atomic mass is 79.9. The molecule has 1 atom stereocenters. The van der Waals surface area contributed by atoms with Gasteiger partial charge < -0.3 is 14.7 Å². The smallest absolute Gasteiger partial charge is 0.260 e. The molecule has 4 nitrogen and oxygen atoms in total. The van der Waals surface area contributed by atoms with Crippen LogP contribution < -0.4 is 4.74 Å². The third-order valence-corrected chi connectivity index (χ3v) is 3.87. The summed E-state index contributed by atoms with van der Waals surface area (Å²) in [4.78, 5) is 13.4. The predicted molar refractivity (Wildman–Crippen MR) is 74.5 cm³/mol. The molecule has 1 saturated heterocycles. The molecule has 1 aliphatic rings. The van der Waals surface area contributed by atoms with E-state index >= 15 is 0 Å². The Bertz CT molecular complexity index is 453. The molecule has 0 radical (unpaired) electrons. The first-order valence-electron chi connectivity index (χ1n) is 5.60. The summed E-state index contributed by atoms with van der Waals surface area (Å²) in [6.45, 7) is 1.00. The van der Waals surface area contributed by atoms with Crippen molar-refractivity contribution in [2.45, 2.75) is 12.5 Å². The minimum atomic E-state index is -0.395. The van der Waals surface area contributed by atoms with E-state index in [0.717, 1.165) is 8.95 Å². The van der Waals surface area contributed by atoms with Gasteiger partial charge >= 0.3 is 0 Å². The first-order chi connectivity index (χ1) is 8.56. The van der Waals surface area contributed by atoms with E-state index in [-0.39, 0.29) is 12.5 Å². The van der Waals surface area contributed by atoms with Crippen molar-refractivity contribution in [2.75, 3.05) is 19.7 Å². The summed E-state index contributed by atoms with van der Waals surface area (Å²) in [5, 5.41) is 9.36. The predicted octanol–water partition coefficient (Wildman–Crippen LogP) is 2.18. The van der Waals surface area contributed by atoms with Crippen molar-refractivity contribution in [2.24, 2.45) is 0 Å². The van der Waals surface area contributed by atoms with Crippen LogP contribution in [-0.4, -0.2) is 41.7 Å². The third kappa shape index (κ3) is 3.46. The molecule has 1 aromatic carbocycles. The van der Waals surface area contributed by atoms with E-state index in [1.807, 2.05) is 12.1 Å². The number of β-amino-alcohol motifs (C(OH)–C–C–N with tert-alkyl or cyclic N) is 1. The Balaban J connectivity index is 1.89. The number of halogens is 2. The SMILES string of the molecule is O=C(COc1ccc(Br)cc1Br)N1CC[C@@H](O)C1. The Labute approximate surface area is 122 Å². The molecule has 2 rings (SSSR count). The standard InChI is InChI=1S/C12H13Br2NO3/c13-8-1-2-11(10(14)5-8)18-7-12(17)15-4-3-9(16)6-15/h1-2,5,9,16H,3-4,6-7H2/t9-/m1/s1. The molecule has 1 amide bonds. The van der Waals surface area contributed by atoms with Crippen LogP contribution >= 0.6 is 31.9 Å². The molecule has 1 heterocycles. The number of aliphatic hydroxyl groups is 1.